The van der Waals surface area contributed by atoms with Crippen molar-refractivity contribution in [3.05, 3.63) is 59.3 Å². The lowest BCUT2D eigenvalue weighted by molar-refractivity contribution is 1.23. The second-order valence-corrected chi connectivity index (χ2v) is 5.41. The Hall–Kier alpha value is -1.89. The summed E-state index contributed by atoms with van der Waals surface area (Å²) in [6.45, 7) is 18.4. The average Bonchev–Trinajstić information content (AvgIpc) is 2.38. The number of benzene rings is 1. The highest BCUT2D eigenvalue weighted by molar-refractivity contribution is 6.12. The van der Waals surface area contributed by atoms with Crippen LogP contribution in [0, 0.1) is 6.92 Å². The van der Waals surface area contributed by atoms with E-state index < -0.39 is 0 Å². The van der Waals surface area contributed by atoms with Crippen molar-refractivity contribution in [1.29, 1.82) is 0 Å². The molecular formula is C19H25N. The van der Waals surface area contributed by atoms with Crippen LogP contribution >= 0.6 is 0 Å². The molecule has 1 nitrogen and oxygen atoms in total. The molecule has 0 bridgehead atoms. The van der Waals surface area contributed by atoms with Gasteiger partial charge >= 0.3 is 0 Å². The molecule has 20 heavy (non-hydrogen) atoms. The molecule has 106 valence electrons. The van der Waals surface area contributed by atoms with Crippen LogP contribution in [-0.2, 0) is 0 Å². The topological polar surface area (TPSA) is 12.4 Å². The van der Waals surface area contributed by atoms with Crippen molar-refractivity contribution >= 4 is 17.4 Å². The summed E-state index contributed by atoms with van der Waals surface area (Å²) in [6, 6.07) is 6.51. The molecule has 1 aromatic rings. The number of aryl methyl sites for hydroxylation is 1. The third kappa shape index (κ3) is 4.06. The molecule has 0 aliphatic rings. The van der Waals surface area contributed by atoms with Crippen LogP contribution in [0.2, 0.25) is 0 Å². The summed E-state index contributed by atoms with van der Waals surface area (Å²) in [5.74, 6) is 0. The Kier molecular flexibility index (Phi) is 5.69. The van der Waals surface area contributed by atoms with Crippen molar-refractivity contribution in [2.45, 2.75) is 41.0 Å². The quantitative estimate of drug-likeness (QED) is 0.596. The van der Waals surface area contributed by atoms with E-state index in [0.717, 1.165) is 23.3 Å². The zero-order valence-electron chi connectivity index (χ0n) is 13.4. The summed E-state index contributed by atoms with van der Waals surface area (Å²) in [7, 11) is 0. The highest BCUT2D eigenvalue weighted by Gasteiger charge is 2.10. The fourth-order valence-corrected chi connectivity index (χ4v) is 2.02. The summed E-state index contributed by atoms with van der Waals surface area (Å²) in [5.41, 5.74) is 8.03. The minimum absolute atomic E-state index is 0.812. The lowest BCUT2D eigenvalue weighted by Crippen LogP contribution is -1.97. The molecule has 0 N–H and O–H groups in total. The number of hydrogen-bond donors (Lipinski definition) is 0. The standard InChI is InChI=1S/C19H25N/c1-8-16(7)18-11-15(6)9-10-17(18)19(13(2)3)12-20-14(4)5/h9-12H,4,7-8H2,1-3,5-6H3. The van der Waals surface area contributed by atoms with Gasteiger partial charge in [-0.1, -0.05) is 49.4 Å². The maximum absolute atomic E-state index is 4.36. The molecule has 0 heterocycles. The molecule has 0 unspecified atom stereocenters. The molecule has 0 amide bonds. The molecule has 0 aliphatic carbocycles. The molecule has 0 aliphatic heterocycles. The molecule has 0 saturated carbocycles. The third-order valence-electron chi connectivity index (χ3n) is 3.23. The fourth-order valence-electron chi connectivity index (χ4n) is 2.02. The predicted molar refractivity (Wildman–Crippen MR) is 92.1 cm³/mol. The first-order chi connectivity index (χ1) is 9.36. The average molecular weight is 267 g/mol. The van der Waals surface area contributed by atoms with Crippen LogP contribution in [0.5, 0.6) is 0 Å². The minimum atomic E-state index is 0.812. The number of rotatable bonds is 5. The van der Waals surface area contributed by atoms with E-state index in [1.165, 1.54) is 22.3 Å². The first kappa shape index (κ1) is 16.2. The Labute approximate surface area is 123 Å². The van der Waals surface area contributed by atoms with Crippen LogP contribution in [0.25, 0.3) is 11.1 Å². The van der Waals surface area contributed by atoms with Crippen molar-refractivity contribution in [3.8, 4) is 0 Å². The monoisotopic (exact) mass is 267 g/mol. The fraction of sp³-hybridized carbons (Fsp3) is 0.316. The minimum Gasteiger partial charge on any atom is -0.262 e. The largest absolute Gasteiger partial charge is 0.262 e. The summed E-state index contributed by atoms with van der Waals surface area (Å²) >= 11 is 0. The van der Waals surface area contributed by atoms with Crippen LogP contribution < -0.4 is 0 Å². The summed E-state index contributed by atoms with van der Waals surface area (Å²) < 4.78 is 0. The number of allylic oxidation sites excluding steroid dienone is 4. The highest BCUT2D eigenvalue weighted by atomic mass is 14.7. The summed E-state index contributed by atoms with van der Waals surface area (Å²) in [4.78, 5) is 4.36. The lowest BCUT2D eigenvalue weighted by Gasteiger charge is -2.14. The van der Waals surface area contributed by atoms with Crippen LogP contribution in [0.4, 0.5) is 0 Å². The maximum atomic E-state index is 4.36. The van der Waals surface area contributed by atoms with E-state index in [1.54, 1.807) is 0 Å². The number of nitrogens with zero attached hydrogens (tertiary/aromatic N) is 1. The van der Waals surface area contributed by atoms with Gasteiger partial charge < -0.3 is 0 Å². The van der Waals surface area contributed by atoms with E-state index in [2.05, 4.69) is 64.0 Å². The van der Waals surface area contributed by atoms with E-state index in [-0.39, 0.29) is 0 Å². The van der Waals surface area contributed by atoms with E-state index >= 15 is 0 Å². The third-order valence-corrected chi connectivity index (χ3v) is 3.23. The molecule has 1 heteroatoms. The predicted octanol–water partition coefficient (Wildman–Crippen LogP) is 5.82. The Morgan fingerprint density at radius 2 is 1.80 bits per heavy atom. The molecular weight excluding hydrogens is 242 g/mol. The number of aliphatic imine (C=N–C) groups is 1. The van der Waals surface area contributed by atoms with Crippen molar-refractivity contribution in [3.63, 3.8) is 0 Å². The molecule has 1 aromatic carbocycles. The first-order valence-electron chi connectivity index (χ1n) is 7.03. The van der Waals surface area contributed by atoms with Gasteiger partial charge in [0, 0.05) is 11.9 Å². The summed E-state index contributed by atoms with van der Waals surface area (Å²) in [6.07, 6.45) is 2.86. The van der Waals surface area contributed by atoms with Crippen LogP contribution in [0.1, 0.15) is 50.8 Å². The van der Waals surface area contributed by atoms with E-state index in [9.17, 15) is 0 Å². The molecule has 0 radical (unpaired) electrons. The Morgan fingerprint density at radius 3 is 2.30 bits per heavy atom. The van der Waals surface area contributed by atoms with Crippen molar-refractivity contribution < 1.29 is 0 Å². The van der Waals surface area contributed by atoms with Gasteiger partial charge in [0.15, 0.2) is 0 Å². The van der Waals surface area contributed by atoms with Gasteiger partial charge in [-0.2, -0.15) is 0 Å². The maximum Gasteiger partial charge on any atom is 0.0348 e. The van der Waals surface area contributed by atoms with E-state index in [0.29, 0.717) is 0 Å². The van der Waals surface area contributed by atoms with Crippen molar-refractivity contribution in [1.82, 2.24) is 0 Å². The Bertz CT molecular complexity index is 582. The SMILES string of the molecule is C=C(C)N=CC(=C(C)C)c1ccc(C)cc1C(=C)CC. The van der Waals surface area contributed by atoms with Crippen molar-refractivity contribution in [2.24, 2.45) is 4.99 Å². The van der Waals surface area contributed by atoms with Gasteiger partial charge in [-0.05, 0) is 56.4 Å². The normalized spacial score (nSPS) is 10.7. The van der Waals surface area contributed by atoms with E-state index in [1.807, 2.05) is 13.1 Å². The van der Waals surface area contributed by atoms with Gasteiger partial charge in [-0.3, -0.25) is 4.99 Å². The zero-order chi connectivity index (χ0) is 15.3. The van der Waals surface area contributed by atoms with Crippen LogP contribution in [-0.4, -0.2) is 6.21 Å². The Balaban J connectivity index is 3.46. The second-order valence-electron chi connectivity index (χ2n) is 5.41. The van der Waals surface area contributed by atoms with E-state index in [4.69, 9.17) is 0 Å². The molecule has 0 spiro atoms. The first-order valence-corrected chi connectivity index (χ1v) is 7.03. The second kappa shape index (κ2) is 7.04. The van der Waals surface area contributed by atoms with Gasteiger partial charge in [0.25, 0.3) is 0 Å². The zero-order valence-corrected chi connectivity index (χ0v) is 13.4. The molecule has 0 fully saturated rings. The van der Waals surface area contributed by atoms with Gasteiger partial charge in [-0.15, -0.1) is 0 Å². The highest BCUT2D eigenvalue weighted by Crippen LogP contribution is 2.28. The molecule has 0 saturated heterocycles. The van der Waals surface area contributed by atoms with Gasteiger partial charge in [0.05, 0.1) is 0 Å². The molecule has 1 rings (SSSR count). The van der Waals surface area contributed by atoms with Gasteiger partial charge in [-0.25, -0.2) is 0 Å². The molecule has 0 atom stereocenters. The smallest absolute Gasteiger partial charge is 0.0348 e. The molecule has 0 aromatic heterocycles. The van der Waals surface area contributed by atoms with Crippen molar-refractivity contribution in [2.75, 3.05) is 0 Å². The Morgan fingerprint density at radius 1 is 1.15 bits per heavy atom. The van der Waals surface area contributed by atoms with Gasteiger partial charge in [0.2, 0.25) is 0 Å². The number of hydrogen-bond acceptors (Lipinski definition) is 1. The van der Waals surface area contributed by atoms with Crippen LogP contribution in [0.3, 0.4) is 0 Å². The van der Waals surface area contributed by atoms with Gasteiger partial charge in [0.1, 0.15) is 0 Å². The van der Waals surface area contributed by atoms with Crippen LogP contribution in [0.15, 0.2) is 47.6 Å². The summed E-state index contributed by atoms with van der Waals surface area (Å²) in [5, 5.41) is 0. The lowest BCUT2D eigenvalue weighted by atomic mass is 9.91.